The van der Waals surface area contributed by atoms with Crippen LogP contribution >= 0.6 is 38.5 Å². The van der Waals surface area contributed by atoms with Crippen LogP contribution in [0.1, 0.15) is 30.0 Å². The molecule has 0 saturated heterocycles. The van der Waals surface area contributed by atoms with Gasteiger partial charge in [0.1, 0.15) is 0 Å². The lowest BCUT2D eigenvalue weighted by Crippen LogP contribution is -2.09. The predicted octanol–water partition coefficient (Wildman–Crippen LogP) is 3.85. The summed E-state index contributed by atoms with van der Waals surface area (Å²) in [5.74, 6) is 0. The third kappa shape index (κ3) is 3.38. The molecule has 0 amide bonds. The van der Waals surface area contributed by atoms with Gasteiger partial charge in [-0.05, 0) is 70.1 Å². The van der Waals surface area contributed by atoms with E-state index in [4.69, 9.17) is 0 Å². The molecule has 0 radical (unpaired) electrons. The van der Waals surface area contributed by atoms with E-state index in [1.165, 1.54) is 3.57 Å². The Labute approximate surface area is 135 Å². The molecule has 0 bridgehead atoms. The van der Waals surface area contributed by atoms with Gasteiger partial charge in [0.2, 0.25) is 0 Å². The highest BCUT2D eigenvalue weighted by molar-refractivity contribution is 14.1. The van der Waals surface area contributed by atoms with Crippen molar-refractivity contribution in [1.82, 2.24) is 9.78 Å². The SMILES string of the molecule is CCn1nc(C)c(Br)c1CC(O)c1ccc(I)cc1. The number of nitrogens with zero attached hydrogens (tertiary/aromatic N) is 2. The van der Waals surface area contributed by atoms with Crippen molar-refractivity contribution < 1.29 is 5.11 Å². The molecule has 3 nitrogen and oxygen atoms in total. The molecular formula is C14H16BrIN2O. The Hall–Kier alpha value is -0.400. The van der Waals surface area contributed by atoms with Crippen LogP contribution in [0, 0.1) is 10.5 Å². The molecule has 5 heteroatoms. The van der Waals surface area contributed by atoms with Gasteiger partial charge in [0.15, 0.2) is 0 Å². The first-order chi connectivity index (χ1) is 9.02. The van der Waals surface area contributed by atoms with Crippen molar-refractivity contribution in [3.05, 3.63) is 49.3 Å². The fraction of sp³-hybridized carbons (Fsp3) is 0.357. The van der Waals surface area contributed by atoms with Gasteiger partial charge in [-0.25, -0.2) is 0 Å². The van der Waals surface area contributed by atoms with Crippen LogP contribution in [0.2, 0.25) is 0 Å². The highest BCUT2D eigenvalue weighted by Crippen LogP contribution is 2.26. The first-order valence-corrected chi connectivity index (χ1v) is 8.05. The van der Waals surface area contributed by atoms with Crippen molar-refractivity contribution in [3.8, 4) is 0 Å². The number of halogens is 2. The molecule has 1 aromatic carbocycles. The third-order valence-corrected chi connectivity index (χ3v) is 4.84. The molecule has 0 aliphatic heterocycles. The summed E-state index contributed by atoms with van der Waals surface area (Å²) in [5.41, 5.74) is 2.95. The number of aliphatic hydroxyl groups is 1. The molecule has 19 heavy (non-hydrogen) atoms. The van der Waals surface area contributed by atoms with E-state index in [-0.39, 0.29) is 0 Å². The molecule has 0 aliphatic carbocycles. The molecule has 1 N–H and O–H groups in total. The van der Waals surface area contributed by atoms with Gasteiger partial charge in [-0.3, -0.25) is 4.68 Å². The largest absolute Gasteiger partial charge is 0.388 e. The van der Waals surface area contributed by atoms with Gasteiger partial charge in [-0.15, -0.1) is 0 Å². The van der Waals surface area contributed by atoms with Crippen LogP contribution < -0.4 is 0 Å². The number of aromatic nitrogens is 2. The molecule has 1 aromatic heterocycles. The highest BCUT2D eigenvalue weighted by atomic mass is 127. The van der Waals surface area contributed by atoms with Crippen LogP contribution in [0.4, 0.5) is 0 Å². The Morgan fingerprint density at radius 1 is 1.37 bits per heavy atom. The van der Waals surface area contributed by atoms with Crippen LogP contribution in [0.5, 0.6) is 0 Å². The Morgan fingerprint density at radius 3 is 2.58 bits per heavy atom. The number of aryl methyl sites for hydroxylation is 2. The topological polar surface area (TPSA) is 38.0 Å². The molecule has 0 spiro atoms. The normalized spacial score (nSPS) is 12.7. The molecule has 102 valence electrons. The third-order valence-electron chi connectivity index (χ3n) is 3.09. The summed E-state index contributed by atoms with van der Waals surface area (Å²) in [6.45, 7) is 4.83. The fourth-order valence-corrected chi connectivity index (χ4v) is 2.86. The van der Waals surface area contributed by atoms with Crippen molar-refractivity contribution in [2.75, 3.05) is 0 Å². The van der Waals surface area contributed by atoms with Gasteiger partial charge in [0, 0.05) is 16.5 Å². The van der Waals surface area contributed by atoms with Crippen LogP contribution in [0.15, 0.2) is 28.7 Å². The smallest absolute Gasteiger partial charge is 0.0845 e. The highest BCUT2D eigenvalue weighted by Gasteiger charge is 2.17. The second kappa shape index (κ2) is 6.37. The van der Waals surface area contributed by atoms with Gasteiger partial charge in [-0.1, -0.05) is 12.1 Å². The number of hydrogen-bond acceptors (Lipinski definition) is 2. The second-order valence-electron chi connectivity index (χ2n) is 4.43. The zero-order valence-corrected chi connectivity index (χ0v) is 14.6. The molecule has 1 heterocycles. The van der Waals surface area contributed by atoms with E-state index in [0.717, 1.165) is 28.0 Å². The van der Waals surface area contributed by atoms with Gasteiger partial charge in [0.05, 0.1) is 22.0 Å². The molecule has 0 aliphatic rings. The summed E-state index contributed by atoms with van der Waals surface area (Å²) < 4.78 is 4.11. The second-order valence-corrected chi connectivity index (χ2v) is 6.47. The fourth-order valence-electron chi connectivity index (χ4n) is 2.05. The Morgan fingerprint density at radius 2 is 2.00 bits per heavy atom. The minimum atomic E-state index is -0.505. The minimum absolute atomic E-state index is 0.505. The number of benzene rings is 1. The molecule has 1 unspecified atom stereocenters. The summed E-state index contributed by atoms with van der Waals surface area (Å²) in [5, 5.41) is 14.8. The quantitative estimate of drug-likeness (QED) is 0.742. The Bertz CT molecular complexity index is 566. The lowest BCUT2D eigenvalue weighted by Gasteiger charge is -2.12. The average molecular weight is 435 g/mol. The van der Waals surface area contributed by atoms with Crippen molar-refractivity contribution in [2.45, 2.75) is 32.9 Å². The van der Waals surface area contributed by atoms with E-state index in [2.05, 4.69) is 50.5 Å². The van der Waals surface area contributed by atoms with Gasteiger partial charge < -0.3 is 5.11 Å². The molecule has 1 atom stereocenters. The molecule has 0 fully saturated rings. The summed E-state index contributed by atoms with van der Waals surface area (Å²) in [4.78, 5) is 0. The lowest BCUT2D eigenvalue weighted by molar-refractivity contribution is 0.175. The monoisotopic (exact) mass is 434 g/mol. The van der Waals surface area contributed by atoms with Crippen molar-refractivity contribution in [3.63, 3.8) is 0 Å². The summed E-state index contributed by atoms with van der Waals surface area (Å²) in [7, 11) is 0. The first kappa shape index (κ1) is 15.0. The van der Waals surface area contributed by atoms with Crippen LogP contribution in [0.3, 0.4) is 0 Å². The maximum absolute atomic E-state index is 10.4. The predicted molar refractivity (Wildman–Crippen MR) is 88.2 cm³/mol. The standard InChI is InChI=1S/C14H16BrIN2O/c1-3-18-12(14(15)9(2)17-18)8-13(19)10-4-6-11(16)7-5-10/h4-7,13,19H,3,8H2,1-2H3. The van der Waals surface area contributed by atoms with E-state index in [1.807, 2.05) is 35.9 Å². The zero-order valence-electron chi connectivity index (χ0n) is 10.9. The van der Waals surface area contributed by atoms with Crippen molar-refractivity contribution >= 4 is 38.5 Å². The maximum atomic E-state index is 10.4. The van der Waals surface area contributed by atoms with Crippen molar-refractivity contribution in [1.29, 1.82) is 0 Å². The minimum Gasteiger partial charge on any atom is -0.388 e. The molecule has 2 aromatic rings. The average Bonchev–Trinajstić information content (AvgIpc) is 2.67. The zero-order chi connectivity index (χ0) is 14.0. The van der Waals surface area contributed by atoms with Crippen LogP contribution in [-0.4, -0.2) is 14.9 Å². The summed E-state index contributed by atoms with van der Waals surface area (Å²) in [6, 6.07) is 7.97. The molecule has 0 saturated carbocycles. The van der Waals surface area contributed by atoms with Gasteiger partial charge in [-0.2, -0.15) is 5.10 Å². The first-order valence-electron chi connectivity index (χ1n) is 6.18. The maximum Gasteiger partial charge on any atom is 0.0845 e. The number of rotatable bonds is 4. The Kier molecular flexibility index (Phi) is 5.03. The van der Waals surface area contributed by atoms with E-state index in [0.29, 0.717) is 6.42 Å². The summed E-state index contributed by atoms with van der Waals surface area (Å²) >= 11 is 5.82. The van der Waals surface area contributed by atoms with Crippen LogP contribution in [-0.2, 0) is 13.0 Å². The summed E-state index contributed by atoms with van der Waals surface area (Å²) in [6.07, 6.45) is 0.0604. The van der Waals surface area contributed by atoms with Crippen molar-refractivity contribution in [2.24, 2.45) is 0 Å². The number of aliphatic hydroxyl groups excluding tert-OH is 1. The lowest BCUT2D eigenvalue weighted by atomic mass is 10.0. The van der Waals surface area contributed by atoms with Crippen LogP contribution in [0.25, 0.3) is 0 Å². The molecule has 2 rings (SSSR count). The van der Waals surface area contributed by atoms with E-state index >= 15 is 0 Å². The number of hydrogen-bond donors (Lipinski definition) is 1. The Balaban J connectivity index is 2.23. The van der Waals surface area contributed by atoms with Gasteiger partial charge in [0.25, 0.3) is 0 Å². The van der Waals surface area contributed by atoms with Gasteiger partial charge >= 0.3 is 0 Å². The van der Waals surface area contributed by atoms with E-state index in [9.17, 15) is 5.11 Å². The van der Waals surface area contributed by atoms with E-state index in [1.54, 1.807) is 0 Å². The van der Waals surface area contributed by atoms with E-state index < -0.39 is 6.10 Å². The molecular weight excluding hydrogens is 419 g/mol.